The van der Waals surface area contributed by atoms with Crippen LogP contribution in [0.15, 0.2) is 60.8 Å². The summed E-state index contributed by atoms with van der Waals surface area (Å²) >= 11 is 0. The fraction of sp³-hybridized carbons (Fsp3) is 0.800. The van der Waals surface area contributed by atoms with Gasteiger partial charge in [-0.2, -0.15) is 0 Å². The molecule has 0 aliphatic rings. The van der Waals surface area contributed by atoms with E-state index in [1.165, 1.54) is 186 Å². The van der Waals surface area contributed by atoms with Gasteiger partial charge in [0.05, 0.1) is 6.61 Å². The number of allylic oxidation sites excluding steroid dienone is 10. The lowest BCUT2D eigenvalue weighted by Gasteiger charge is -2.15. The van der Waals surface area contributed by atoms with Crippen molar-refractivity contribution >= 4 is 11.9 Å². The van der Waals surface area contributed by atoms with Crippen LogP contribution in [0, 0.1) is 0 Å². The summed E-state index contributed by atoms with van der Waals surface area (Å²) < 4.78 is 10.7. The van der Waals surface area contributed by atoms with Crippen molar-refractivity contribution < 1.29 is 24.2 Å². The third-order valence-corrected chi connectivity index (χ3v) is 12.6. The fourth-order valence-corrected chi connectivity index (χ4v) is 8.35. The lowest BCUT2D eigenvalue weighted by Crippen LogP contribution is -2.28. The number of carbonyl (C=O) groups excluding carboxylic acids is 2. The summed E-state index contributed by atoms with van der Waals surface area (Å²) in [7, 11) is 0. The molecule has 0 rings (SSSR count). The molecule has 1 N–H and O–H groups in total. The molecule has 65 heavy (non-hydrogen) atoms. The number of aliphatic hydroxyl groups is 1. The molecule has 0 aromatic rings. The van der Waals surface area contributed by atoms with E-state index in [1.807, 2.05) is 0 Å². The van der Waals surface area contributed by atoms with Gasteiger partial charge in [-0.15, -0.1) is 0 Å². The van der Waals surface area contributed by atoms with E-state index in [-0.39, 0.29) is 25.2 Å². The van der Waals surface area contributed by atoms with Gasteiger partial charge in [-0.25, -0.2) is 0 Å². The van der Waals surface area contributed by atoms with Gasteiger partial charge >= 0.3 is 11.9 Å². The van der Waals surface area contributed by atoms with E-state index < -0.39 is 6.10 Å². The smallest absolute Gasteiger partial charge is 0.306 e. The van der Waals surface area contributed by atoms with Gasteiger partial charge in [0.2, 0.25) is 0 Å². The second kappa shape index (κ2) is 55.9. The average Bonchev–Trinajstić information content (AvgIpc) is 3.31. The van der Waals surface area contributed by atoms with E-state index in [4.69, 9.17) is 9.47 Å². The largest absolute Gasteiger partial charge is 0.462 e. The normalized spacial score (nSPS) is 12.6. The number of ether oxygens (including phenoxy) is 2. The molecule has 378 valence electrons. The van der Waals surface area contributed by atoms with Gasteiger partial charge < -0.3 is 14.6 Å². The minimum atomic E-state index is -0.791. The molecule has 0 spiro atoms. The second-order valence-corrected chi connectivity index (χ2v) is 19.0. The Labute approximate surface area is 404 Å². The Morgan fingerprint density at radius 1 is 0.369 bits per heavy atom. The number of esters is 2. The van der Waals surface area contributed by atoms with Crippen LogP contribution < -0.4 is 0 Å². The van der Waals surface area contributed by atoms with E-state index in [0.29, 0.717) is 12.8 Å². The van der Waals surface area contributed by atoms with Crippen molar-refractivity contribution in [3.8, 4) is 0 Å². The second-order valence-electron chi connectivity index (χ2n) is 19.0. The van der Waals surface area contributed by atoms with Crippen LogP contribution in [0.1, 0.15) is 290 Å². The molecule has 0 aliphatic heterocycles. The van der Waals surface area contributed by atoms with Crippen LogP contribution in [0.5, 0.6) is 0 Å². The molecule has 0 saturated heterocycles. The van der Waals surface area contributed by atoms with Crippen molar-refractivity contribution in [2.45, 2.75) is 296 Å². The molecule has 0 saturated carbocycles. The molecule has 5 heteroatoms. The molecule has 0 radical (unpaired) electrons. The molecule has 0 heterocycles. The molecule has 0 aromatic carbocycles. The number of aliphatic hydroxyl groups excluding tert-OH is 1. The number of carbonyl (C=O) groups is 2. The Hall–Kier alpha value is -2.40. The van der Waals surface area contributed by atoms with E-state index in [1.54, 1.807) is 0 Å². The van der Waals surface area contributed by atoms with Gasteiger partial charge in [0.1, 0.15) is 6.61 Å². The molecule has 0 amide bonds. The van der Waals surface area contributed by atoms with Gasteiger partial charge in [-0.3, -0.25) is 9.59 Å². The summed E-state index contributed by atoms with van der Waals surface area (Å²) in [6.45, 7) is 4.03. The van der Waals surface area contributed by atoms with E-state index in [2.05, 4.69) is 74.6 Å². The maximum absolute atomic E-state index is 12.3. The van der Waals surface area contributed by atoms with Crippen LogP contribution in [0.25, 0.3) is 0 Å². The van der Waals surface area contributed by atoms with Crippen molar-refractivity contribution in [1.29, 1.82) is 0 Å². The van der Waals surface area contributed by atoms with E-state index in [0.717, 1.165) is 77.0 Å². The molecule has 1 unspecified atom stereocenters. The van der Waals surface area contributed by atoms with Gasteiger partial charge in [-0.05, 0) is 57.8 Å². The van der Waals surface area contributed by atoms with Crippen molar-refractivity contribution in [2.75, 3.05) is 13.2 Å². The van der Waals surface area contributed by atoms with Gasteiger partial charge in [0, 0.05) is 12.8 Å². The first-order valence-electron chi connectivity index (χ1n) is 28.3. The maximum Gasteiger partial charge on any atom is 0.306 e. The van der Waals surface area contributed by atoms with Crippen LogP contribution in [0.4, 0.5) is 0 Å². The minimum Gasteiger partial charge on any atom is -0.462 e. The standard InChI is InChI=1S/C60H108O5/c1-3-5-7-9-11-13-15-17-19-21-23-24-25-26-27-28-29-30-31-32-33-34-35-37-38-40-42-44-46-48-50-52-54-59(62)64-57-58(56-61)65-60(63)55-53-51-49-47-45-43-41-39-36-22-20-18-16-14-12-10-8-6-4-2/h6,8,12,14,18,20,36,39,43,45,58,61H,3-5,7,9-11,13,15-17,19,21-35,37-38,40-42,44,46-57H2,1-2H3/b8-6-,14-12-,20-18-,39-36-,45-43-. The molecular formula is C60H108O5. The highest BCUT2D eigenvalue weighted by atomic mass is 16.6. The number of rotatable bonds is 52. The molecule has 5 nitrogen and oxygen atoms in total. The van der Waals surface area contributed by atoms with Crippen molar-refractivity contribution in [3.05, 3.63) is 60.8 Å². The Morgan fingerprint density at radius 2 is 0.662 bits per heavy atom. The Kier molecular flexibility index (Phi) is 53.9. The third-order valence-electron chi connectivity index (χ3n) is 12.6. The first-order valence-corrected chi connectivity index (χ1v) is 28.3. The zero-order chi connectivity index (χ0) is 47.0. The zero-order valence-electron chi connectivity index (χ0n) is 43.3. The summed E-state index contributed by atoms with van der Waals surface area (Å²) in [5.41, 5.74) is 0. The Balaban J connectivity index is 3.45. The molecule has 0 aliphatic carbocycles. The van der Waals surface area contributed by atoms with E-state index in [9.17, 15) is 14.7 Å². The van der Waals surface area contributed by atoms with Crippen molar-refractivity contribution in [2.24, 2.45) is 0 Å². The number of hydrogen-bond donors (Lipinski definition) is 1. The predicted octanol–water partition coefficient (Wildman–Crippen LogP) is 19.0. The summed E-state index contributed by atoms with van der Waals surface area (Å²) in [4.78, 5) is 24.5. The summed E-state index contributed by atoms with van der Waals surface area (Å²) in [6.07, 6.45) is 75.0. The lowest BCUT2D eigenvalue weighted by molar-refractivity contribution is -0.161. The summed E-state index contributed by atoms with van der Waals surface area (Å²) in [5, 5.41) is 9.63. The van der Waals surface area contributed by atoms with Gasteiger partial charge in [-0.1, -0.05) is 280 Å². The van der Waals surface area contributed by atoms with Crippen molar-refractivity contribution in [3.63, 3.8) is 0 Å². The minimum absolute atomic E-state index is 0.0786. The Morgan fingerprint density at radius 3 is 1.00 bits per heavy atom. The quantitative estimate of drug-likeness (QED) is 0.0374. The first kappa shape index (κ1) is 62.6. The van der Waals surface area contributed by atoms with Gasteiger partial charge in [0.25, 0.3) is 0 Å². The van der Waals surface area contributed by atoms with Gasteiger partial charge in [0.15, 0.2) is 6.10 Å². The van der Waals surface area contributed by atoms with Crippen LogP contribution in [0.3, 0.4) is 0 Å². The maximum atomic E-state index is 12.3. The molecule has 1 atom stereocenters. The number of hydrogen-bond acceptors (Lipinski definition) is 5. The highest BCUT2D eigenvalue weighted by molar-refractivity contribution is 5.70. The summed E-state index contributed by atoms with van der Waals surface area (Å²) in [5.74, 6) is -0.619. The van der Waals surface area contributed by atoms with Crippen LogP contribution in [-0.2, 0) is 19.1 Å². The van der Waals surface area contributed by atoms with Crippen LogP contribution >= 0.6 is 0 Å². The monoisotopic (exact) mass is 909 g/mol. The molecule has 0 fully saturated rings. The SMILES string of the molecule is CC/C=C\C/C=C\C/C=C\C/C=C\C/C=C\CCCCCC(=O)OC(CO)COC(=O)CCCCCCCCCCCCCCCCCCCCCCCCCCCCCCCCCC. The highest BCUT2D eigenvalue weighted by Crippen LogP contribution is 2.17. The van der Waals surface area contributed by atoms with Crippen LogP contribution in [0.2, 0.25) is 0 Å². The summed E-state index contributed by atoms with van der Waals surface area (Å²) in [6, 6.07) is 0. The molecule has 0 bridgehead atoms. The fourth-order valence-electron chi connectivity index (χ4n) is 8.35. The third kappa shape index (κ3) is 54.1. The van der Waals surface area contributed by atoms with Crippen molar-refractivity contribution in [1.82, 2.24) is 0 Å². The first-order chi connectivity index (χ1) is 32.1. The lowest BCUT2D eigenvalue weighted by atomic mass is 10.0. The van der Waals surface area contributed by atoms with E-state index >= 15 is 0 Å². The molecular weight excluding hydrogens is 801 g/mol. The highest BCUT2D eigenvalue weighted by Gasteiger charge is 2.16. The van der Waals surface area contributed by atoms with Crippen LogP contribution in [-0.4, -0.2) is 36.4 Å². The Bertz CT molecular complexity index is 1120. The number of unbranched alkanes of at least 4 members (excludes halogenated alkanes) is 34. The zero-order valence-corrected chi connectivity index (χ0v) is 43.3. The molecule has 0 aromatic heterocycles. The predicted molar refractivity (Wildman–Crippen MR) is 284 cm³/mol. The topological polar surface area (TPSA) is 72.8 Å². The average molecular weight is 910 g/mol.